The van der Waals surface area contributed by atoms with Gasteiger partial charge in [-0.2, -0.15) is 5.10 Å². The standard InChI is InChI=1S/C21H27N5O3/c1-20(2,3)29-19(28)25-10-11-26-17(14-25)16(13-23-26)18(27)24(4)21(7-8-21)15-6-5-9-22-12-15/h5-6,9,12-13H,7-8,10-11,14H2,1-4H3. The first-order chi connectivity index (χ1) is 13.7. The molecule has 2 aromatic rings. The molecular weight excluding hydrogens is 370 g/mol. The molecule has 1 fully saturated rings. The van der Waals surface area contributed by atoms with Crippen LogP contribution >= 0.6 is 0 Å². The van der Waals surface area contributed by atoms with E-state index < -0.39 is 5.60 Å². The highest BCUT2D eigenvalue weighted by atomic mass is 16.6. The molecule has 154 valence electrons. The molecule has 8 heteroatoms. The van der Waals surface area contributed by atoms with Gasteiger partial charge >= 0.3 is 6.09 Å². The molecule has 3 heterocycles. The largest absolute Gasteiger partial charge is 0.444 e. The van der Waals surface area contributed by atoms with E-state index in [-0.39, 0.29) is 17.5 Å². The highest BCUT2D eigenvalue weighted by Crippen LogP contribution is 2.50. The maximum absolute atomic E-state index is 13.4. The Hall–Kier alpha value is -2.90. The third-order valence-corrected chi connectivity index (χ3v) is 5.62. The number of rotatable bonds is 3. The zero-order valence-corrected chi connectivity index (χ0v) is 17.4. The minimum absolute atomic E-state index is 0.0846. The third-order valence-electron chi connectivity index (χ3n) is 5.62. The molecule has 0 bridgehead atoms. The molecule has 0 N–H and O–H groups in total. The van der Waals surface area contributed by atoms with E-state index in [1.807, 2.05) is 50.8 Å². The van der Waals surface area contributed by atoms with Crippen molar-refractivity contribution in [1.82, 2.24) is 24.6 Å². The third kappa shape index (κ3) is 3.59. The van der Waals surface area contributed by atoms with E-state index in [1.165, 1.54) is 0 Å². The topological polar surface area (TPSA) is 80.6 Å². The number of hydrogen-bond acceptors (Lipinski definition) is 5. The van der Waals surface area contributed by atoms with E-state index in [9.17, 15) is 9.59 Å². The summed E-state index contributed by atoms with van der Waals surface area (Å²) >= 11 is 0. The van der Waals surface area contributed by atoms with Crippen LogP contribution < -0.4 is 0 Å². The van der Waals surface area contributed by atoms with Crippen LogP contribution in [0.15, 0.2) is 30.7 Å². The normalized spacial score (nSPS) is 17.4. The monoisotopic (exact) mass is 397 g/mol. The Balaban J connectivity index is 1.55. The second kappa shape index (κ2) is 6.86. The van der Waals surface area contributed by atoms with Crippen molar-refractivity contribution in [2.45, 2.75) is 57.8 Å². The molecule has 0 saturated heterocycles. The van der Waals surface area contributed by atoms with Crippen molar-refractivity contribution in [2.75, 3.05) is 13.6 Å². The summed E-state index contributed by atoms with van der Waals surface area (Å²) < 4.78 is 7.30. The van der Waals surface area contributed by atoms with Crippen LogP contribution in [-0.2, 0) is 23.4 Å². The first kappa shape index (κ1) is 19.4. The number of amides is 2. The van der Waals surface area contributed by atoms with Gasteiger partial charge in [0.15, 0.2) is 0 Å². The summed E-state index contributed by atoms with van der Waals surface area (Å²) in [4.78, 5) is 33.5. The fraction of sp³-hybridized carbons (Fsp3) is 0.524. The maximum atomic E-state index is 13.4. The number of nitrogens with zero attached hydrogens (tertiary/aromatic N) is 5. The highest BCUT2D eigenvalue weighted by molar-refractivity contribution is 5.96. The molecule has 2 aliphatic rings. The predicted molar refractivity (Wildman–Crippen MR) is 106 cm³/mol. The Morgan fingerprint density at radius 3 is 2.59 bits per heavy atom. The summed E-state index contributed by atoms with van der Waals surface area (Å²) in [6, 6.07) is 3.91. The van der Waals surface area contributed by atoms with Crippen molar-refractivity contribution in [3.05, 3.63) is 47.5 Å². The molecule has 0 unspecified atom stereocenters. The van der Waals surface area contributed by atoms with E-state index in [2.05, 4.69) is 10.1 Å². The average molecular weight is 397 g/mol. The molecule has 29 heavy (non-hydrogen) atoms. The predicted octanol–water partition coefficient (Wildman–Crippen LogP) is 2.79. The van der Waals surface area contributed by atoms with Crippen LogP contribution in [0.3, 0.4) is 0 Å². The lowest BCUT2D eigenvalue weighted by Crippen LogP contribution is -2.43. The summed E-state index contributed by atoms with van der Waals surface area (Å²) in [5, 5.41) is 4.38. The number of aromatic nitrogens is 3. The van der Waals surface area contributed by atoms with Crippen LogP contribution in [0, 0.1) is 0 Å². The van der Waals surface area contributed by atoms with Gasteiger partial charge < -0.3 is 14.5 Å². The maximum Gasteiger partial charge on any atom is 0.410 e. The molecule has 4 rings (SSSR count). The molecule has 1 aliphatic carbocycles. The Bertz CT molecular complexity index is 928. The minimum Gasteiger partial charge on any atom is -0.444 e. The summed E-state index contributed by atoms with van der Waals surface area (Å²) in [6.45, 7) is 6.89. The van der Waals surface area contributed by atoms with Crippen LogP contribution in [0.25, 0.3) is 0 Å². The highest BCUT2D eigenvalue weighted by Gasteiger charge is 2.50. The molecular formula is C21H27N5O3. The van der Waals surface area contributed by atoms with E-state index in [0.717, 1.165) is 24.1 Å². The van der Waals surface area contributed by atoms with Crippen LogP contribution in [0.1, 0.15) is 55.2 Å². The minimum atomic E-state index is -0.560. The van der Waals surface area contributed by atoms with Crippen molar-refractivity contribution in [2.24, 2.45) is 0 Å². The molecule has 1 aliphatic heterocycles. The fourth-order valence-electron chi connectivity index (χ4n) is 3.86. The number of hydrogen-bond donors (Lipinski definition) is 0. The lowest BCUT2D eigenvalue weighted by atomic mass is 10.0. The van der Waals surface area contributed by atoms with Gasteiger partial charge in [0.25, 0.3) is 5.91 Å². The quantitative estimate of drug-likeness (QED) is 0.796. The summed E-state index contributed by atoms with van der Waals surface area (Å²) in [7, 11) is 1.83. The van der Waals surface area contributed by atoms with Gasteiger partial charge in [-0.25, -0.2) is 4.79 Å². The second-order valence-electron chi connectivity index (χ2n) is 8.77. The molecule has 0 aromatic carbocycles. The molecule has 0 atom stereocenters. The molecule has 8 nitrogen and oxygen atoms in total. The summed E-state index contributed by atoms with van der Waals surface area (Å²) in [5.41, 5.74) is 1.47. The van der Waals surface area contributed by atoms with Gasteiger partial charge in [-0.3, -0.25) is 14.5 Å². The molecule has 2 aromatic heterocycles. The van der Waals surface area contributed by atoms with Gasteiger partial charge in [0, 0.05) is 26.0 Å². The van der Waals surface area contributed by atoms with Gasteiger partial charge in [-0.1, -0.05) is 6.07 Å². The lowest BCUT2D eigenvalue weighted by molar-refractivity contribution is 0.0192. The van der Waals surface area contributed by atoms with Gasteiger partial charge in [0.05, 0.1) is 36.1 Å². The SMILES string of the molecule is CN(C(=O)c1cnn2c1CN(C(=O)OC(C)(C)C)CC2)C1(c2cccnc2)CC1. The van der Waals surface area contributed by atoms with Crippen molar-refractivity contribution in [3.63, 3.8) is 0 Å². The average Bonchev–Trinajstić information content (AvgIpc) is 3.39. The van der Waals surface area contributed by atoms with E-state index in [4.69, 9.17) is 4.74 Å². The van der Waals surface area contributed by atoms with Crippen LogP contribution in [0.2, 0.25) is 0 Å². The van der Waals surface area contributed by atoms with Crippen LogP contribution in [0.5, 0.6) is 0 Å². The molecule has 0 spiro atoms. The lowest BCUT2D eigenvalue weighted by Gasteiger charge is -2.32. The Morgan fingerprint density at radius 2 is 1.97 bits per heavy atom. The Morgan fingerprint density at radius 1 is 1.21 bits per heavy atom. The van der Waals surface area contributed by atoms with Crippen LogP contribution in [-0.4, -0.2) is 55.8 Å². The molecule has 0 radical (unpaired) electrons. The Kier molecular flexibility index (Phi) is 4.59. The van der Waals surface area contributed by atoms with Crippen molar-refractivity contribution in [3.8, 4) is 0 Å². The van der Waals surface area contributed by atoms with Gasteiger partial charge in [-0.15, -0.1) is 0 Å². The number of fused-ring (bicyclic) bond motifs is 1. The second-order valence-corrected chi connectivity index (χ2v) is 8.77. The van der Waals surface area contributed by atoms with Gasteiger partial charge in [-0.05, 0) is 45.2 Å². The fourth-order valence-corrected chi connectivity index (χ4v) is 3.86. The van der Waals surface area contributed by atoms with E-state index in [1.54, 1.807) is 22.2 Å². The van der Waals surface area contributed by atoms with E-state index >= 15 is 0 Å². The van der Waals surface area contributed by atoms with Gasteiger partial charge in [0.2, 0.25) is 0 Å². The smallest absolute Gasteiger partial charge is 0.410 e. The number of carbonyl (C=O) groups is 2. The zero-order valence-electron chi connectivity index (χ0n) is 17.4. The molecule has 1 saturated carbocycles. The molecule has 2 amide bonds. The first-order valence-corrected chi connectivity index (χ1v) is 9.92. The number of pyridine rings is 1. The van der Waals surface area contributed by atoms with Crippen molar-refractivity contribution >= 4 is 12.0 Å². The van der Waals surface area contributed by atoms with Gasteiger partial charge in [0.1, 0.15) is 5.60 Å². The summed E-state index contributed by atoms with van der Waals surface area (Å²) in [6.07, 6.45) is 6.63. The zero-order chi connectivity index (χ0) is 20.8. The van der Waals surface area contributed by atoms with E-state index in [0.29, 0.717) is 25.2 Å². The summed E-state index contributed by atoms with van der Waals surface area (Å²) in [5.74, 6) is -0.0846. The number of ether oxygens (including phenoxy) is 1. The first-order valence-electron chi connectivity index (χ1n) is 9.92. The van der Waals surface area contributed by atoms with Crippen LogP contribution in [0.4, 0.5) is 4.79 Å². The van der Waals surface area contributed by atoms with Crippen molar-refractivity contribution < 1.29 is 14.3 Å². The van der Waals surface area contributed by atoms with Crippen molar-refractivity contribution in [1.29, 1.82) is 0 Å². The Labute approximate surface area is 170 Å². The number of carbonyl (C=O) groups excluding carboxylic acids is 2.